The molecule has 3 rings (SSSR count). The number of urea groups is 1. The number of thioether (sulfide) groups is 1. The molecule has 1 unspecified atom stereocenters. The van der Waals surface area contributed by atoms with Crippen molar-refractivity contribution in [3.05, 3.63) is 53.1 Å². The number of carbonyl (C=O) groups is 2. The van der Waals surface area contributed by atoms with E-state index < -0.39 is 17.1 Å². The summed E-state index contributed by atoms with van der Waals surface area (Å²) in [5.41, 5.74) is 3.78. The van der Waals surface area contributed by atoms with E-state index >= 15 is 0 Å². The number of likely N-dealkylation sites (N-methyl/N-ethyl adjacent to an activating group) is 1. The van der Waals surface area contributed by atoms with Crippen LogP contribution in [0.5, 0.6) is 5.75 Å². The molecule has 2 amide bonds. The van der Waals surface area contributed by atoms with Crippen LogP contribution < -0.4 is 10.1 Å². The van der Waals surface area contributed by atoms with Crippen LogP contribution in [0.1, 0.15) is 50.8 Å². The Balaban J connectivity index is 1.72. The summed E-state index contributed by atoms with van der Waals surface area (Å²) in [6.07, 6.45) is -1.81. The SMILES string of the molecule is CCc1cc2c(cc1SC(C)(C)C(=O)O)CCC(N(CC)C(=O)Nc1ccc(OC(F)(F)F)cc1)C2. The number of hydrogen-bond acceptors (Lipinski definition) is 4. The number of rotatable bonds is 8. The van der Waals surface area contributed by atoms with Gasteiger partial charge in [-0.25, -0.2) is 4.79 Å². The lowest BCUT2D eigenvalue weighted by Gasteiger charge is -2.35. The molecule has 0 aliphatic heterocycles. The molecule has 2 aromatic carbocycles. The normalized spacial score (nSPS) is 15.7. The van der Waals surface area contributed by atoms with Crippen molar-refractivity contribution in [1.82, 2.24) is 4.90 Å². The number of nitrogens with zero attached hydrogens (tertiary/aromatic N) is 1. The van der Waals surface area contributed by atoms with E-state index in [1.807, 2.05) is 13.8 Å². The molecule has 0 heterocycles. The van der Waals surface area contributed by atoms with Crippen LogP contribution in [0.15, 0.2) is 41.3 Å². The topological polar surface area (TPSA) is 78.9 Å². The fourth-order valence-corrected chi connectivity index (χ4v) is 5.45. The summed E-state index contributed by atoms with van der Waals surface area (Å²) in [7, 11) is 0. The first-order valence-electron chi connectivity index (χ1n) is 11.8. The van der Waals surface area contributed by atoms with Crippen molar-refractivity contribution in [3.8, 4) is 5.75 Å². The Morgan fingerprint density at radius 1 is 1.14 bits per heavy atom. The summed E-state index contributed by atoms with van der Waals surface area (Å²) in [4.78, 5) is 27.3. The zero-order valence-corrected chi connectivity index (χ0v) is 21.6. The van der Waals surface area contributed by atoms with Gasteiger partial charge in [-0.3, -0.25) is 4.79 Å². The minimum Gasteiger partial charge on any atom is -0.480 e. The van der Waals surface area contributed by atoms with E-state index in [0.29, 0.717) is 18.7 Å². The van der Waals surface area contributed by atoms with Crippen LogP contribution in [0.25, 0.3) is 0 Å². The van der Waals surface area contributed by atoms with Crippen molar-refractivity contribution >= 4 is 29.4 Å². The van der Waals surface area contributed by atoms with Crippen molar-refractivity contribution in [3.63, 3.8) is 0 Å². The number of carboxylic acid groups (broad SMARTS) is 1. The zero-order valence-electron chi connectivity index (χ0n) is 20.7. The van der Waals surface area contributed by atoms with Gasteiger partial charge in [-0.05, 0) is 93.5 Å². The molecular weight excluding hydrogens is 493 g/mol. The molecule has 0 radical (unpaired) electrons. The molecular formula is C26H31F3N2O4S. The van der Waals surface area contributed by atoms with Gasteiger partial charge >= 0.3 is 18.4 Å². The first kappa shape index (κ1) is 27.7. The Morgan fingerprint density at radius 2 is 1.81 bits per heavy atom. The Kier molecular flexibility index (Phi) is 8.48. The molecule has 1 aliphatic carbocycles. The van der Waals surface area contributed by atoms with Crippen molar-refractivity contribution in [2.75, 3.05) is 11.9 Å². The van der Waals surface area contributed by atoms with E-state index in [2.05, 4.69) is 22.2 Å². The number of anilines is 1. The summed E-state index contributed by atoms with van der Waals surface area (Å²) in [5.74, 6) is -1.22. The minimum absolute atomic E-state index is 0.0333. The molecule has 6 nitrogen and oxygen atoms in total. The number of carboxylic acids is 1. The average Bonchev–Trinajstić information content (AvgIpc) is 2.79. The molecule has 2 aromatic rings. The second kappa shape index (κ2) is 11.0. The molecule has 10 heteroatoms. The van der Waals surface area contributed by atoms with Gasteiger partial charge in [0.25, 0.3) is 0 Å². The quantitative estimate of drug-likeness (QED) is 0.385. The van der Waals surface area contributed by atoms with Gasteiger partial charge in [0.05, 0.1) is 0 Å². The van der Waals surface area contributed by atoms with E-state index in [1.54, 1.807) is 18.7 Å². The number of carbonyl (C=O) groups excluding carboxylic acids is 1. The highest BCUT2D eigenvalue weighted by molar-refractivity contribution is 8.01. The van der Waals surface area contributed by atoms with Crippen molar-refractivity contribution in [2.24, 2.45) is 0 Å². The standard InChI is InChI=1S/C26H31F3N2O4S/c1-5-16-13-18-14-20(10-7-17(18)15-22(16)36-25(3,4)23(32)33)31(6-2)24(34)30-19-8-11-21(12-9-19)35-26(27,28)29/h8-9,11-13,15,20H,5-7,10,14H2,1-4H3,(H,30,34)(H,32,33). The molecule has 36 heavy (non-hydrogen) atoms. The number of fused-ring (bicyclic) bond motifs is 1. The van der Waals surface area contributed by atoms with Crippen LogP contribution in [0.2, 0.25) is 0 Å². The van der Waals surface area contributed by atoms with Crippen LogP contribution in [0.3, 0.4) is 0 Å². The average molecular weight is 525 g/mol. The van der Waals surface area contributed by atoms with Gasteiger partial charge in [0.15, 0.2) is 0 Å². The smallest absolute Gasteiger partial charge is 0.480 e. The maximum Gasteiger partial charge on any atom is 0.573 e. The van der Waals surface area contributed by atoms with Gasteiger partial charge in [-0.1, -0.05) is 13.0 Å². The Hall–Kier alpha value is -2.88. The number of amides is 2. The summed E-state index contributed by atoms with van der Waals surface area (Å²) in [6.45, 7) is 7.80. The largest absolute Gasteiger partial charge is 0.573 e. The third-order valence-electron chi connectivity index (χ3n) is 6.23. The molecule has 1 atom stereocenters. The van der Waals surface area contributed by atoms with E-state index in [0.717, 1.165) is 47.4 Å². The highest BCUT2D eigenvalue weighted by Crippen LogP contribution is 2.38. The van der Waals surface area contributed by atoms with Gasteiger partial charge < -0.3 is 20.1 Å². The number of benzene rings is 2. The summed E-state index contributed by atoms with van der Waals surface area (Å²) >= 11 is 1.35. The van der Waals surface area contributed by atoms with Crippen LogP contribution in [0.4, 0.5) is 23.7 Å². The van der Waals surface area contributed by atoms with Crippen molar-refractivity contribution in [1.29, 1.82) is 0 Å². The Labute approximate surface area is 213 Å². The van der Waals surface area contributed by atoms with Crippen LogP contribution >= 0.6 is 11.8 Å². The number of ether oxygens (including phenoxy) is 1. The molecule has 0 aromatic heterocycles. The van der Waals surface area contributed by atoms with Crippen LogP contribution in [0, 0.1) is 0 Å². The van der Waals surface area contributed by atoms with Crippen LogP contribution in [-0.2, 0) is 24.1 Å². The maximum absolute atomic E-state index is 13.0. The third-order valence-corrected chi connectivity index (χ3v) is 7.51. The first-order valence-corrected chi connectivity index (χ1v) is 12.6. The van der Waals surface area contributed by atoms with E-state index in [-0.39, 0.29) is 17.8 Å². The van der Waals surface area contributed by atoms with Gasteiger partial charge in [0.2, 0.25) is 0 Å². The lowest BCUT2D eigenvalue weighted by atomic mass is 9.86. The van der Waals surface area contributed by atoms with Gasteiger partial charge in [0, 0.05) is 23.2 Å². The third kappa shape index (κ3) is 6.87. The summed E-state index contributed by atoms with van der Waals surface area (Å²) in [5, 5.41) is 12.3. The number of aryl methyl sites for hydroxylation is 2. The fraction of sp³-hybridized carbons (Fsp3) is 0.462. The van der Waals surface area contributed by atoms with E-state index in [9.17, 15) is 27.9 Å². The summed E-state index contributed by atoms with van der Waals surface area (Å²) in [6, 6.07) is 8.93. The Morgan fingerprint density at radius 3 is 2.36 bits per heavy atom. The van der Waals surface area contributed by atoms with Gasteiger partial charge in [-0.15, -0.1) is 24.9 Å². The molecule has 2 N–H and O–H groups in total. The molecule has 196 valence electrons. The highest BCUT2D eigenvalue weighted by Gasteiger charge is 2.32. The number of alkyl halides is 3. The maximum atomic E-state index is 13.0. The molecule has 0 saturated carbocycles. The van der Waals surface area contributed by atoms with Crippen LogP contribution in [-0.4, -0.2) is 45.7 Å². The van der Waals surface area contributed by atoms with E-state index in [4.69, 9.17) is 0 Å². The number of nitrogens with one attached hydrogen (secondary N) is 1. The number of aliphatic carboxylic acids is 1. The lowest BCUT2D eigenvalue weighted by molar-refractivity contribution is -0.274. The molecule has 0 bridgehead atoms. The lowest BCUT2D eigenvalue weighted by Crippen LogP contribution is -2.45. The summed E-state index contributed by atoms with van der Waals surface area (Å²) < 4.78 is 40.0. The predicted octanol–water partition coefficient (Wildman–Crippen LogP) is 6.51. The minimum atomic E-state index is -4.77. The first-order chi connectivity index (χ1) is 16.8. The molecule has 0 spiro atoms. The second-order valence-corrected chi connectivity index (χ2v) is 10.8. The zero-order chi connectivity index (χ0) is 26.7. The van der Waals surface area contributed by atoms with Gasteiger partial charge in [0.1, 0.15) is 10.5 Å². The fourth-order valence-electron chi connectivity index (χ4n) is 4.28. The van der Waals surface area contributed by atoms with Gasteiger partial charge in [-0.2, -0.15) is 0 Å². The number of hydrogen-bond donors (Lipinski definition) is 2. The Bertz CT molecular complexity index is 1100. The number of halogens is 3. The van der Waals surface area contributed by atoms with Crippen molar-refractivity contribution < 1.29 is 32.6 Å². The molecule has 0 saturated heterocycles. The van der Waals surface area contributed by atoms with Crippen molar-refractivity contribution in [2.45, 2.75) is 75.4 Å². The highest BCUT2D eigenvalue weighted by atomic mass is 32.2. The van der Waals surface area contributed by atoms with E-state index in [1.165, 1.54) is 29.5 Å². The predicted molar refractivity (Wildman–Crippen MR) is 134 cm³/mol. The molecule has 1 aliphatic rings. The monoisotopic (exact) mass is 524 g/mol. The second-order valence-electron chi connectivity index (χ2n) is 9.18. The molecule has 0 fully saturated rings.